The number of hydrogen-bond acceptors (Lipinski definition) is 5. The number of carbonyl (C=O) groups is 1. The van der Waals surface area contributed by atoms with Gasteiger partial charge in [0.05, 0.1) is 38.8 Å². The number of carbonyl (C=O) groups excluding carboxylic acids is 1. The Bertz CT molecular complexity index is 879. The molecule has 3 heterocycles. The van der Waals surface area contributed by atoms with E-state index in [4.69, 9.17) is 4.98 Å². The zero-order chi connectivity index (χ0) is 20.1. The summed E-state index contributed by atoms with van der Waals surface area (Å²) >= 11 is 1.78. The minimum absolute atomic E-state index is 0.0162. The largest absolute Gasteiger partial charge is 0.322 e. The summed E-state index contributed by atoms with van der Waals surface area (Å²) < 4.78 is 1.24. The van der Waals surface area contributed by atoms with E-state index in [-0.39, 0.29) is 5.91 Å². The topological polar surface area (TPSA) is 73.9 Å². The van der Waals surface area contributed by atoms with Gasteiger partial charge in [0.25, 0.3) is 0 Å². The Hall–Kier alpha value is -2.25. The average molecular weight is 400 g/mol. The second-order valence-corrected chi connectivity index (χ2v) is 8.01. The summed E-state index contributed by atoms with van der Waals surface area (Å²) in [4.78, 5) is 19.5. The number of thiazole rings is 1. The highest BCUT2D eigenvalue weighted by Gasteiger charge is 2.25. The van der Waals surface area contributed by atoms with E-state index < -0.39 is 0 Å². The number of nitrogens with zero attached hydrogens (tertiary/aromatic N) is 3. The van der Waals surface area contributed by atoms with Crippen LogP contribution in [0, 0.1) is 13.8 Å². The molecule has 0 spiro atoms. The van der Waals surface area contributed by atoms with Crippen LogP contribution in [0.25, 0.3) is 10.2 Å². The van der Waals surface area contributed by atoms with Gasteiger partial charge in [0, 0.05) is 12.5 Å². The first kappa shape index (κ1) is 20.5. The summed E-state index contributed by atoms with van der Waals surface area (Å²) in [6, 6.07) is 8.28. The maximum Gasteiger partial charge on any atom is 0.238 e. The molecule has 0 radical (unpaired) electrons. The van der Waals surface area contributed by atoms with Crippen molar-refractivity contribution in [2.24, 2.45) is 0 Å². The van der Waals surface area contributed by atoms with Crippen molar-refractivity contribution in [2.75, 3.05) is 25.0 Å². The van der Waals surface area contributed by atoms with Crippen LogP contribution in [0.2, 0.25) is 0 Å². The molecule has 6 nitrogen and oxygen atoms in total. The quantitative estimate of drug-likeness (QED) is 0.678. The van der Waals surface area contributed by atoms with E-state index in [0.29, 0.717) is 12.5 Å². The van der Waals surface area contributed by atoms with Crippen molar-refractivity contribution in [1.82, 2.24) is 20.1 Å². The molecule has 1 unspecified atom stereocenters. The van der Waals surface area contributed by atoms with E-state index in [9.17, 15) is 4.79 Å². The first-order chi connectivity index (χ1) is 13.6. The molecule has 1 atom stereocenters. The SMILES string of the molecule is CC.Cc1n[nH]c(C)c1NC(=O)CN1CCCC(c2nc3ccccc3s2)C1. The number of nitrogens with one attached hydrogen (secondary N) is 2. The van der Waals surface area contributed by atoms with Crippen molar-refractivity contribution >= 4 is 33.1 Å². The van der Waals surface area contributed by atoms with Crippen LogP contribution in [-0.2, 0) is 4.79 Å². The predicted molar refractivity (Wildman–Crippen MR) is 116 cm³/mol. The van der Waals surface area contributed by atoms with Crippen molar-refractivity contribution < 1.29 is 4.79 Å². The van der Waals surface area contributed by atoms with Gasteiger partial charge in [-0.15, -0.1) is 11.3 Å². The zero-order valence-electron chi connectivity index (χ0n) is 17.1. The number of H-pyrrole nitrogens is 1. The van der Waals surface area contributed by atoms with Gasteiger partial charge in [0.1, 0.15) is 0 Å². The third kappa shape index (κ3) is 4.59. The Morgan fingerprint density at radius 2 is 2.11 bits per heavy atom. The lowest BCUT2D eigenvalue weighted by atomic mass is 9.99. The molecule has 1 saturated heterocycles. The van der Waals surface area contributed by atoms with E-state index in [1.165, 1.54) is 9.71 Å². The molecule has 1 amide bonds. The Morgan fingerprint density at radius 1 is 1.32 bits per heavy atom. The molecule has 0 saturated carbocycles. The van der Waals surface area contributed by atoms with Gasteiger partial charge in [-0.2, -0.15) is 5.10 Å². The fourth-order valence-corrected chi connectivity index (χ4v) is 4.68. The highest BCUT2D eigenvalue weighted by molar-refractivity contribution is 7.18. The van der Waals surface area contributed by atoms with Gasteiger partial charge in [-0.3, -0.25) is 14.8 Å². The van der Waals surface area contributed by atoms with E-state index in [2.05, 4.69) is 38.6 Å². The van der Waals surface area contributed by atoms with Gasteiger partial charge in [-0.1, -0.05) is 26.0 Å². The molecule has 4 rings (SSSR count). The number of benzene rings is 1. The van der Waals surface area contributed by atoms with Gasteiger partial charge in [0.15, 0.2) is 0 Å². The smallest absolute Gasteiger partial charge is 0.238 e. The number of amides is 1. The Kier molecular flexibility index (Phi) is 6.80. The van der Waals surface area contributed by atoms with Crippen LogP contribution in [0.3, 0.4) is 0 Å². The number of rotatable bonds is 4. The minimum atomic E-state index is 0.0162. The Morgan fingerprint density at radius 3 is 2.82 bits per heavy atom. The van der Waals surface area contributed by atoms with E-state index >= 15 is 0 Å². The van der Waals surface area contributed by atoms with Crippen molar-refractivity contribution in [2.45, 2.75) is 46.5 Å². The van der Waals surface area contributed by atoms with Crippen LogP contribution in [0.15, 0.2) is 24.3 Å². The van der Waals surface area contributed by atoms with Gasteiger partial charge in [-0.25, -0.2) is 4.98 Å². The third-order valence-corrected chi connectivity index (χ3v) is 6.12. The van der Waals surface area contributed by atoms with Gasteiger partial charge in [-0.05, 0) is 45.4 Å². The molecule has 1 fully saturated rings. The summed E-state index contributed by atoms with van der Waals surface area (Å²) in [6.07, 6.45) is 2.23. The van der Waals surface area contributed by atoms with Crippen molar-refractivity contribution in [3.05, 3.63) is 40.7 Å². The maximum atomic E-state index is 12.5. The number of para-hydroxylation sites is 1. The number of likely N-dealkylation sites (tertiary alicyclic amines) is 1. The molecular formula is C21H29N5OS. The lowest BCUT2D eigenvalue weighted by Crippen LogP contribution is -2.39. The van der Waals surface area contributed by atoms with Gasteiger partial charge >= 0.3 is 0 Å². The second-order valence-electron chi connectivity index (χ2n) is 6.95. The average Bonchev–Trinajstić information content (AvgIpc) is 3.28. The lowest BCUT2D eigenvalue weighted by molar-refractivity contribution is -0.117. The zero-order valence-corrected chi connectivity index (χ0v) is 17.9. The standard InChI is InChI=1S/C19H23N5OS.C2H6/c1-12-18(13(2)23-22-12)21-17(25)11-24-9-5-6-14(10-24)19-20-15-7-3-4-8-16(15)26-19;1-2/h3-4,7-8,14H,5-6,9-11H2,1-2H3,(H,21,25)(H,22,23);1-2H3. The summed E-state index contributed by atoms with van der Waals surface area (Å²) in [5.41, 5.74) is 3.59. The molecule has 1 aliphatic rings. The summed E-state index contributed by atoms with van der Waals surface area (Å²) in [5, 5.41) is 11.2. The fraction of sp³-hybridized carbons (Fsp3) is 0.476. The highest BCUT2D eigenvalue weighted by atomic mass is 32.1. The molecule has 2 N–H and O–H groups in total. The molecule has 0 aliphatic carbocycles. The molecule has 28 heavy (non-hydrogen) atoms. The van der Waals surface area contributed by atoms with Crippen LogP contribution in [-0.4, -0.2) is 45.6 Å². The number of aryl methyl sites for hydroxylation is 2. The van der Waals surface area contributed by atoms with E-state index in [1.54, 1.807) is 11.3 Å². The summed E-state index contributed by atoms with van der Waals surface area (Å²) in [6.45, 7) is 10.1. The number of aromatic amines is 1. The number of piperidine rings is 1. The summed E-state index contributed by atoms with van der Waals surface area (Å²) in [5.74, 6) is 0.425. The Labute approximate surface area is 170 Å². The van der Waals surface area contributed by atoms with Crippen LogP contribution in [0.1, 0.15) is 49.0 Å². The molecule has 2 aromatic heterocycles. The minimum Gasteiger partial charge on any atom is -0.322 e. The van der Waals surface area contributed by atoms with E-state index in [0.717, 1.165) is 48.5 Å². The fourth-order valence-electron chi connectivity index (χ4n) is 3.58. The van der Waals surface area contributed by atoms with Gasteiger partial charge < -0.3 is 5.32 Å². The van der Waals surface area contributed by atoms with Gasteiger partial charge in [0.2, 0.25) is 5.91 Å². The lowest BCUT2D eigenvalue weighted by Gasteiger charge is -2.31. The number of aromatic nitrogens is 3. The molecule has 1 aliphatic heterocycles. The number of hydrogen-bond donors (Lipinski definition) is 2. The normalized spacial score (nSPS) is 17.2. The monoisotopic (exact) mass is 399 g/mol. The molecule has 7 heteroatoms. The summed E-state index contributed by atoms with van der Waals surface area (Å²) in [7, 11) is 0. The van der Waals surface area contributed by atoms with Crippen LogP contribution >= 0.6 is 11.3 Å². The maximum absolute atomic E-state index is 12.5. The highest BCUT2D eigenvalue weighted by Crippen LogP contribution is 2.32. The molecule has 3 aromatic rings. The number of anilines is 1. The van der Waals surface area contributed by atoms with Crippen molar-refractivity contribution in [3.63, 3.8) is 0 Å². The molecular weight excluding hydrogens is 370 g/mol. The van der Waals surface area contributed by atoms with Crippen molar-refractivity contribution in [1.29, 1.82) is 0 Å². The van der Waals surface area contributed by atoms with Crippen LogP contribution in [0.4, 0.5) is 5.69 Å². The second kappa shape index (κ2) is 9.30. The van der Waals surface area contributed by atoms with Crippen LogP contribution < -0.4 is 5.32 Å². The molecule has 0 bridgehead atoms. The van der Waals surface area contributed by atoms with Crippen LogP contribution in [0.5, 0.6) is 0 Å². The molecule has 1 aromatic carbocycles. The first-order valence-corrected chi connectivity index (χ1v) is 10.8. The molecule has 150 valence electrons. The van der Waals surface area contributed by atoms with Crippen molar-refractivity contribution in [3.8, 4) is 0 Å². The Balaban J connectivity index is 0.00000109. The van der Waals surface area contributed by atoms with E-state index in [1.807, 2.05) is 33.8 Å². The number of fused-ring (bicyclic) bond motifs is 1. The first-order valence-electron chi connectivity index (χ1n) is 9.99. The third-order valence-electron chi connectivity index (χ3n) is 4.92. The predicted octanol–water partition coefficient (Wildman–Crippen LogP) is 4.48.